The van der Waals surface area contributed by atoms with Crippen molar-refractivity contribution in [3.63, 3.8) is 0 Å². The SMILES string of the molecule is CCOc1ccc(OCC(=O)NCCn2nc(-c3ccccc3)ccc2=O)cc1. The zero-order chi connectivity index (χ0) is 20.5. The highest BCUT2D eigenvalue weighted by Gasteiger charge is 2.06. The van der Waals surface area contributed by atoms with Crippen molar-refractivity contribution in [3.8, 4) is 22.8 Å². The average molecular weight is 393 g/mol. The van der Waals surface area contributed by atoms with E-state index in [0.717, 1.165) is 11.3 Å². The van der Waals surface area contributed by atoms with Gasteiger partial charge in [0.2, 0.25) is 0 Å². The van der Waals surface area contributed by atoms with Crippen molar-refractivity contribution in [1.82, 2.24) is 15.1 Å². The van der Waals surface area contributed by atoms with Crippen LogP contribution in [-0.2, 0) is 11.3 Å². The second-order valence-electron chi connectivity index (χ2n) is 6.19. The van der Waals surface area contributed by atoms with Gasteiger partial charge >= 0.3 is 0 Å². The van der Waals surface area contributed by atoms with E-state index in [9.17, 15) is 9.59 Å². The molecule has 0 radical (unpaired) electrons. The van der Waals surface area contributed by atoms with E-state index >= 15 is 0 Å². The summed E-state index contributed by atoms with van der Waals surface area (Å²) < 4.78 is 12.2. The van der Waals surface area contributed by atoms with Crippen LogP contribution >= 0.6 is 0 Å². The third-order valence-electron chi connectivity index (χ3n) is 4.09. The van der Waals surface area contributed by atoms with Crippen LogP contribution in [0.4, 0.5) is 0 Å². The largest absolute Gasteiger partial charge is 0.494 e. The van der Waals surface area contributed by atoms with E-state index in [4.69, 9.17) is 9.47 Å². The van der Waals surface area contributed by atoms with Gasteiger partial charge in [0, 0.05) is 18.2 Å². The van der Waals surface area contributed by atoms with Gasteiger partial charge in [0.05, 0.1) is 18.8 Å². The molecule has 2 aromatic carbocycles. The highest BCUT2D eigenvalue weighted by atomic mass is 16.5. The third-order valence-corrected chi connectivity index (χ3v) is 4.09. The molecule has 0 bridgehead atoms. The molecule has 0 aliphatic heterocycles. The van der Waals surface area contributed by atoms with Gasteiger partial charge < -0.3 is 14.8 Å². The first-order valence-electron chi connectivity index (χ1n) is 9.41. The molecule has 1 aromatic heterocycles. The Labute approximate surface area is 168 Å². The maximum atomic E-state index is 12.0. The lowest BCUT2D eigenvalue weighted by molar-refractivity contribution is -0.123. The molecule has 0 saturated heterocycles. The number of carbonyl (C=O) groups is 1. The lowest BCUT2D eigenvalue weighted by atomic mass is 10.1. The Hall–Kier alpha value is -3.61. The number of amides is 1. The number of hydrogen-bond donors (Lipinski definition) is 1. The Morgan fingerprint density at radius 1 is 0.966 bits per heavy atom. The van der Waals surface area contributed by atoms with Crippen LogP contribution in [0, 0.1) is 0 Å². The van der Waals surface area contributed by atoms with E-state index in [1.54, 1.807) is 30.3 Å². The standard InChI is InChI=1S/C22H23N3O4/c1-2-28-18-8-10-19(11-9-18)29-16-21(26)23-14-15-25-22(27)13-12-20(24-25)17-6-4-3-5-7-17/h3-13H,2,14-16H2,1H3,(H,23,26). The summed E-state index contributed by atoms with van der Waals surface area (Å²) in [4.78, 5) is 24.0. The number of hydrogen-bond acceptors (Lipinski definition) is 5. The van der Waals surface area contributed by atoms with Gasteiger partial charge in [0.1, 0.15) is 11.5 Å². The molecule has 7 nitrogen and oxygen atoms in total. The lowest BCUT2D eigenvalue weighted by Gasteiger charge is -2.10. The van der Waals surface area contributed by atoms with E-state index in [0.29, 0.717) is 18.1 Å². The molecule has 0 saturated carbocycles. The normalized spacial score (nSPS) is 10.4. The number of nitrogens with zero attached hydrogens (tertiary/aromatic N) is 2. The van der Waals surface area contributed by atoms with Gasteiger partial charge in [-0.05, 0) is 37.3 Å². The Morgan fingerprint density at radius 2 is 1.66 bits per heavy atom. The van der Waals surface area contributed by atoms with E-state index in [1.165, 1.54) is 10.7 Å². The lowest BCUT2D eigenvalue weighted by Crippen LogP contribution is -2.34. The van der Waals surface area contributed by atoms with Gasteiger partial charge in [-0.25, -0.2) is 4.68 Å². The fourth-order valence-electron chi connectivity index (χ4n) is 2.67. The minimum atomic E-state index is -0.272. The van der Waals surface area contributed by atoms with Crippen LogP contribution in [-0.4, -0.2) is 35.4 Å². The molecule has 0 fully saturated rings. The molecule has 7 heteroatoms. The first-order chi connectivity index (χ1) is 14.2. The molecule has 0 aliphatic rings. The van der Waals surface area contributed by atoms with E-state index in [2.05, 4.69) is 10.4 Å². The second-order valence-corrected chi connectivity index (χ2v) is 6.19. The quantitative estimate of drug-likeness (QED) is 0.604. The van der Waals surface area contributed by atoms with E-state index in [1.807, 2.05) is 37.3 Å². The van der Waals surface area contributed by atoms with Crippen LogP contribution in [0.2, 0.25) is 0 Å². The molecule has 0 unspecified atom stereocenters. The third kappa shape index (κ3) is 5.93. The van der Waals surface area contributed by atoms with E-state index in [-0.39, 0.29) is 31.2 Å². The molecule has 1 heterocycles. The maximum Gasteiger partial charge on any atom is 0.266 e. The Balaban J connectivity index is 1.48. The van der Waals surface area contributed by atoms with Crippen molar-refractivity contribution >= 4 is 5.91 Å². The van der Waals surface area contributed by atoms with Gasteiger partial charge in [-0.2, -0.15) is 5.10 Å². The zero-order valence-corrected chi connectivity index (χ0v) is 16.2. The Bertz CT molecular complexity index is 985. The fraction of sp³-hybridized carbons (Fsp3) is 0.227. The predicted octanol–water partition coefficient (Wildman–Crippen LogP) is 2.50. The van der Waals surface area contributed by atoms with Gasteiger partial charge in [-0.3, -0.25) is 9.59 Å². The summed E-state index contributed by atoms with van der Waals surface area (Å²) in [5, 5.41) is 7.10. The summed E-state index contributed by atoms with van der Waals surface area (Å²) in [5.74, 6) is 1.06. The zero-order valence-electron chi connectivity index (χ0n) is 16.2. The smallest absolute Gasteiger partial charge is 0.266 e. The first-order valence-corrected chi connectivity index (χ1v) is 9.41. The van der Waals surface area contributed by atoms with Crippen molar-refractivity contribution in [3.05, 3.63) is 77.1 Å². The van der Waals surface area contributed by atoms with Crippen molar-refractivity contribution < 1.29 is 14.3 Å². The molecular weight excluding hydrogens is 370 g/mol. The summed E-state index contributed by atoms with van der Waals surface area (Å²) in [6, 6.07) is 19.8. The van der Waals surface area contributed by atoms with Gasteiger partial charge in [0.15, 0.2) is 6.61 Å². The van der Waals surface area contributed by atoms with Crippen LogP contribution in [0.5, 0.6) is 11.5 Å². The average Bonchev–Trinajstić information content (AvgIpc) is 2.75. The molecule has 0 aliphatic carbocycles. The topological polar surface area (TPSA) is 82.4 Å². The minimum Gasteiger partial charge on any atom is -0.494 e. The molecule has 3 rings (SSSR count). The highest BCUT2D eigenvalue weighted by Crippen LogP contribution is 2.17. The molecule has 1 N–H and O–H groups in total. The number of ether oxygens (including phenoxy) is 2. The van der Waals surface area contributed by atoms with Gasteiger partial charge in [0.25, 0.3) is 11.5 Å². The van der Waals surface area contributed by atoms with E-state index < -0.39 is 0 Å². The number of aromatic nitrogens is 2. The summed E-state index contributed by atoms with van der Waals surface area (Å²) >= 11 is 0. The fourth-order valence-corrected chi connectivity index (χ4v) is 2.67. The number of nitrogens with one attached hydrogen (secondary N) is 1. The van der Waals surface area contributed by atoms with Crippen molar-refractivity contribution in [2.24, 2.45) is 0 Å². The minimum absolute atomic E-state index is 0.111. The molecule has 150 valence electrons. The summed E-state index contributed by atoms with van der Waals surface area (Å²) in [5.41, 5.74) is 1.41. The Kier molecular flexibility index (Phi) is 7.00. The molecule has 0 spiro atoms. The molecule has 3 aromatic rings. The second kappa shape index (κ2) is 10.1. The molecule has 1 amide bonds. The maximum absolute atomic E-state index is 12.0. The summed E-state index contributed by atoms with van der Waals surface area (Å²) in [6.45, 7) is 2.94. The van der Waals surface area contributed by atoms with Crippen LogP contribution in [0.1, 0.15) is 6.92 Å². The predicted molar refractivity (Wildman–Crippen MR) is 110 cm³/mol. The molecule has 29 heavy (non-hydrogen) atoms. The molecule has 0 atom stereocenters. The number of benzene rings is 2. The van der Waals surface area contributed by atoms with Crippen LogP contribution in [0.15, 0.2) is 71.5 Å². The Morgan fingerprint density at radius 3 is 2.34 bits per heavy atom. The molecular formula is C22H23N3O4. The van der Waals surface area contributed by atoms with Crippen molar-refractivity contribution in [2.45, 2.75) is 13.5 Å². The van der Waals surface area contributed by atoms with Crippen molar-refractivity contribution in [1.29, 1.82) is 0 Å². The van der Waals surface area contributed by atoms with Crippen molar-refractivity contribution in [2.75, 3.05) is 19.8 Å². The summed E-state index contributed by atoms with van der Waals surface area (Å²) in [6.07, 6.45) is 0. The summed E-state index contributed by atoms with van der Waals surface area (Å²) in [7, 11) is 0. The monoisotopic (exact) mass is 393 g/mol. The van der Waals surface area contributed by atoms with Crippen LogP contribution in [0.25, 0.3) is 11.3 Å². The van der Waals surface area contributed by atoms with Gasteiger partial charge in [-0.1, -0.05) is 30.3 Å². The first kappa shape index (κ1) is 20.1. The number of carbonyl (C=O) groups excluding carboxylic acids is 1. The van der Waals surface area contributed by atoms with Gasteiger partial charge in [-0.15, -0.1) is 0 Å². The van der Waals surface area contributed by atoms with Crippen LogP contribution < -0.4 is 20.3 Å². The highest BCUT2D eigenvalue weighted by molar-refractivity contribution is 5.77. The van der Waals surface area contributed by atoms with Crippen LogP contribution in [0.3, 0.4) is 0 Å². The number of rotatable bonds is 9.